The third-order valence-corrected chi connectivity index (χ3v) is 14.5. The van der Waals surface area contributed by atoms with Gasteiger partial charge in [-0.3, -0.25) is 62.5 Å². The van der Waals surface area contributed by atoms with E-state index < -0.39 is 163 Å². The van der Waals surface area contributed by atoms with E-state index in [1.165, 1.54) is 31.2 Å². The third-order valence-electron chi connectivity index (χ3n) is 14.5. The van der Waals surface area contributed by atoms with Crippen molar-refractivity contribution >= 4 is 83.0 Å². The molecule has 3 rings (SSSR count). The summed E-state index contributed by atoms with van der Waals surface area (Å²) in [5.74, 6) is -14.6. The van der Waals surface area contributed by atoms with E-state index in [9.17, 15) is 82.8 Å². The number of benzene rings is 2. The van der Waals surface area contributed by atoms with Crippen LogP contribution in [0.2, 0.25) is 0 Å². The molecule has 2 aromatic carbocycles. The lowest BCUT2D eigenvalue weighted by Gasteiger charge is -2.31. The van der Waals surface area contributed by atoms with Crippen molar-refractivity contribution in [3.63, 3.8) is 0 Å². The number of hydrogen-bond acceptors (Lipinski definition) is 18. The predicted molar refractivity (Wildman–Crippen MR) is 325 cm³/mol. The summed E-state index contributed by atoms with van der Waals surface area (Å²) < 4.78 is 0. The van der Waals surface area contributed by atoms with Crippen LogP contribution >= 0.6 is 0 Å². The van der Waals surface area contributed by atoms with Crippen molar-refractivity contribution in [2.75, 3.05) is 26.2 Å². The number of guanidine groups is 1. The second kappa shape index (κ2) is 39.5. The smallest absolute Gasteiger partial charge is 0.326 e. The molecule has 1 heterocycles. The van der Waals surface area contributed by atoms with Gasteiger partial charge in [0.15, 0.2) is 5.96 Å². The normalized spacial score (nSPS) is 15.6. The number of nitrogens with two attached hydrogens (primary N) is 5. The van der Waals surface area contributed by atoms with Gasteiger partial charge < -0.3 is 102 Å². The van der Waals surface area contributed by atoms with E-state index in [0.29, 0.717) is 24.0 Å². The lowest BCUT2D eigenvalue weighted by molar-refractivity contribution is -0.146. The number of nitrogens with one attached hydrogen (secondary N) is 8. The van der Waals surface area contributed by atoms with Crippen molar-refractivity contribution in [2.24, 2.45) is 33.7 Å². The summed E-state index contributed by atoms with van der Waals surface area (Å²) in [4.78, 5) is 178. The number of carboxylic acid groups (broad SMARTS) is 4. The zero-order chi connectivity index (χ0) is 67.7. The molecule has 33 heteroatoms. The Bertz CT molecular complexity index is 2840. The molecule has 9 amide bonds. The fourth-order valence-corrected chi connectivity index (χ4v) is 9.56. The van der Waals surface area contributed by atoms with Gasteiger partial charge in [-0.05, 0) is 120 Å². The summed E-state index contributed by atoms with van der Waals surface area (Å²) in [6.07, 6.45) is -2.37. The zero-order valence-electron chi connectivity index (χ0n) is 50.6. The van der Waals surface area contributed by atoms with Crippen molar-refractivity contribution in [1.82, 2.24) is 47.4 Å². The van der Waals surface area contributed by atoms with E-state index in [1.54, 1.807) is 30.3 Å². The molecule has 23 N–H and O–H groups in total. The van der Waals surface area contributed by atoms with Gasteiger partial charge in [-0.2, -0.15) is 0 Å². The molecule has 10 atom stereocenters. The molecule has 1 aliphatic rings. The van der Waals surface area contributed by atoms with Crippen LogP contribution in [0, 0.1) is 0 Å². The van der Waals surface area contributed by atoms with E-state index in [-0.39, 0.29) is 109 Å². The minimum atomic E-state index is -1.88. The number of aliphatic carboxylic acids is 4. The Morgan fingerprint density at radius 3 is 1.51 bits per heavy atom. The minimum absolute atomic E-state index is 0.0197. The molecule has 91 heavy (non-hydrogen) atoms. The molecule has 33 nitrogen and oxygen atoms in total. The number of aromatic hydroxyl groups is 1. The fourth-order valence-electron chi connectivity index (χ4n) is 9.56. The van der Waals surface area contributed by atoms with Gasteiger partial charge in [-0.15, -0.1) is 0 Å². The van der Waals surface area contributed by atoms with Crippen molar-refractivity contribution in [1.29, 1.82) is 0 Å². The first kappa shape index (κ1) is 75.7. The van der Waals surface area contributed by atoms with Crippen LogP contribution in [-0.4, -0.2) is 200 Å². The monoisotopic (exact) mass is 1280 g/mol. The largest absolute Gasteiger partial charge is 0.508 e. The van der Waals surface area contributed by atoms with Crippen LogP contribution in [0.15, 0.2) is 59.6 Å². The summed E-state index contributed by atoms with van der Waals surface area (Å²) in [6.45, 7) is 1.43. The molecule has 1 aliphatic heterocycles. The Morgan fingerprint density at radius 2 is 0.989 bits per heavy atom. The van der Waals surface area contributed by atoms with Crippen molar-refractivity contribution in [3.8, 4) is 5.75 Å². The Morgan fingerprint density at radius 1 is 0.527 bits per heavy atom. The van der Waals surface area contributed by atoms with E-state index in [2.05, 4.69) is 47.5 Å². The molecule has 0 radical (unpaired) electrons. The standard InChI is InChI=1S/C58H87N15O18/c1-32(65-49(82)36(61)21-23-45(75)76)48(81)70-41(29-33-11-3-2-4-12-33)54(87)67-39(15-9-27-64-58(62)63)51(84)66-37(13-5-7-25-59)52(85)71-42(31-47(79)80)56(89)73-28-10-16-44(73)55(88)69-38(14-6-8-26-60)50(83)68-40(22-24-46(77)78)53(86)72-43(57(90)91)30-34-17-19-35(74)20-18-34/h2-4,11-12,17-20,32,36-44,74H,5-10,13-16,21-31,59-61H2,1H3,(H,65,82)(H,66,84)(H,67,87)(H,68,83)(H,69,88)(H,70,81)(H,71,85)(H,72,86)(H,75,76)(H,77,78)(H,79,80)(H,90,91)(H4,62,63,64)/t32-,36-,37-,38-,39-,40-,41-,42-,43-,44-/m0/s1. The highest BCUT2D eigenvalue weighted by Gasteiger charge is 2.41. The number of hydrogen-bond donors (Lipinski definition) is 18. The molecular weight excluding hydrogens is 1190 g/mol. The number of nitrogens with zero attached hydrogens (tertiary/aromatic N) is 2. The van der Waals surface area contributed by atoms with E-state index in [1.807, 2.05) is 0 Å². The summed E-state index contributed by atoms with van der Waals surface area (Å²) in [7, 11) is 0. The molecule has 1 saturated heterocycles. The third kappa shape index (κ3) is 27.8. The maximum Gasteiger partial charge on any atom is 0.326 e. The van der Waals surface area contributed by atoms with Crippen LogP contribution < -0.4 is 71.2 Å². The van der Waals surface area contributed by atoms with Crippen molar-refractivity contribution in [3.05, 3.63) is 65.7 Å². The number of aliphatic imine (C=N–C) groups is 1. The van der Waals surface area contributed by atoms with Crippen LogP contribution in [0.5, 0.6) is 5.75 Å². The number of phenols is 1. The quantitative estimate of drug-likeness (QED) is 0.0171. The average Bonchev–Trinajstić information content (AvgIpc) is 2.11. The first-order valence-corrected chi connectivity index (χ1v) is 29.8. The van der Waals surface area contributed by atoms with Gasteiger partial charge >= 0.3 is 23.9 Å². The highest BCUT2D eigenvalue weighted by molar-refractivity contribution is 5.99. The predicted octanol–water partition coefficient (Wildman–Crippen LogP) is -4.01. The van der Waals surface area contributed by atoms with Gasteiger partial charge in [0, 0.05) is 38.8 Å². The number of carbonyl (C=O) groups excluding carboxylic acids is 9. The van der Waals surface area contributed by atoms with E-state index in [0.717, 1.165) is 4.90 Å². The molecule has 0 unspecified atom stereocenters. The molecule has 0 aliphatic carbocycles. The van der Waals surface area contributed by atoms with Gasteiger partial charge in [-0.25, -0.2) is 4.79 Å². The highest BCUT2D eigenvalue weighted by Crippen LogP contribution is 2.21. The van der Waals surface area contributed by atoms with Crippen LogP contribution in [-0.2, 0) is 75.2 Å². The minimum Gasteiger partial charge on any atom is -0.508 e. The number of phenolic OH excluding ortho intramolecular Hbond substituents is 1. The molecule has 0 spiro atoms. The number of carboxylic acids is 4. The van der Waals surface area contributed by atoms with E-state index in [4.69, 9.17) is 33.8 Å². The second-order valence-corrected chi connectivity index (χ2v) is 21.8. The first-order chi connectivity index (χ1) is 43.1. The number of carbonyl (C=O) groups is 13. The maximum absolute atomic E-state index is 14.5. The summed E-state index contributed by atoms with van der Waals surface area (Å²) >= 11 is 0. The van der Waals surface area contributed by atoms with Gasteiger partial charge in [0.2, 0.25) is 53.2 Å². The molecule has 0 bridgehead atoms. The lowest BCUT2D eigenvalue weighted by atomic mass is 10.0. The molecule has 1 fully saturated rings. The summed E-state index contributed by atoms with van der Waals surface area (Å²) in [5.41, 5.74) is 29.3. The Balaban J connectivity index is 1.91. The number of amides is 9. The van der Waals surface area contributed by atoms with Crippen molar-refractivity contribution < 1.29 is 87.9 Å². The summed E-state index contributed by atoms with van der Waals surface area (Å²) in [6, 6.07) is -1.13. The SMILES string of the molecule is C[C@H](NC(=O)[C@@H](N)CCC(=O)O)C(=O)N[C@@H](Cc1ccccc1)C(=O)N[C@@H](CCCN=C(N)N)C(=O)N[C@@H](CCCCN)C(=O)N[C@@H](CC(=O)O)C(=O)N1CCC[C@H]1C(=O)N[C@@H](CCCCN)C(=O)N[C@@H](CCC(=O)O)C(=O)N[C@@H](Cc1ccc(O)cc1)C(=O)O. The topological polar surface area (TPSA) is 565 Å². The van der Waals surface area contributed by atoms with Gasteiger partial charge in [0.05, 0.1) is 12.5 Å². The Hall–Kier alpha value is -9.50. The molecule has 2 aromatic rings. The highest BCUT2D eigenvalue weighted by atomic mass is 16.4. The van der Waals surface area contributed by atoms with Crippen molar-refractivity contribution in [2.45, 2.75) is 176 Å². The molecule has 0 saturated carbocycles. The Kier molecular flexibility index (Phi) is 32.9. The van der Waals surface area contributed by atoms with E-state index >= 15 is 0 Å². The number of likely N-dealkylation sites (tertiary alicyclic amines) is 1. The zero-order valence-corrected chi connectivity index (χ0v) is 50.6. The van der Waals surface area contributed by atoms with Crippen LogP contribution in [0.3, 0.4) is 0 Å². The van der Waals surface area contributed by atoms with Crippen LogP contribution in [0.1, 0.15) is 114 Å². The fraction of sp³-hybridized carbons (Fsp3) is 0.552. The maximum atomic E-state index is 14.5. The van der Waals surface area contributed by atoms with Crippen LogP contribution in [0.25, 0.3) is 0 Å². The number of unbranched alkanes of at least 4 members (excludes halogenated alkanes) is 2. The van der Waals surface area contributed by atoms with Gasteiger partial charge in [-0.1, -0.05) is 42.5 Å². The second-order valence-electron chi connectivity index (χ2n) is 21.8. The van der Waals surface area contributed by atoms with Gasteiger partial charge in [0.25, 0.3) is 0 Å². The first-order valence-electron chi connectivity index (χ1n) is 29.8. The number of rotatable bonds is 42. The molecule has 0 aromatic heterocycles. The lowest BCUT2D eigenvalue weighted by Crippen LogP contribution is -2.60. The average molecular weight is 1280 g/mol. The molecular formula is C58H87N15O18. The van der Waals surface area contributed by atoms with Gasteiger partial charge in [0.1, 0.15) is 60.1 Å². The Labute approximate surface area is 524 Å². The van der Waals surface area contributed by atoms with Crippen LogP contribution in [0.4, 0.5) is 0 Å². The molecule has 502 valence electrons. The summed E-state index contributed by atoms with van der Waals surface area (Å²) in [5, 5.41) is 68.1.